The van der Waals surface area contributed by atoms with Gasteiger partial charge in [-0.3, -0.25) is 28.8 Å². The number of aromatic nitrogens is 2. The van der Waals surface area contributed by atoms with Crippen LogP contribution in [0.2, 0.25) is 5.02 Å². The molecule has 7 atom stereocenters. The van der Waals surface area contributed by atoms with Gasteiger partial charge in [0.05, 0.1) is 44.3 Å². The van der Waals surface area contributed by atoms with Crippen LogP contribution in [0.4, 0.5) is 0 Å². The number of carbonyl (C=O) groups excluding carboxylic acids is 2. The molecule has 3 fully saturated rings. The molecule has 58 heavy (non-hydrogen) atoms. The lowest BCUT2D eigenvalue weighted by molar-refractivity contribution is -0.114. The molecule has 2 N–H and O–H groups in total. The van der Waals surface area contributed by atoms with Gasteiger partial charge in [-0.15, -0.1) is 9.46 Å². The summed E-state index contributed by atoms with van der Waals surface area (Å²) in [5.41, 5.74) is 1.66. The highest BCUT2D eigenvalue weighted by Gasteiger charge is 2.50. The second-order valence-corrected chi connectivity index (χ2v) is 19.8. The number of nitrogens with one attached hydrogen (secondary N) is 1. The van der Waals surface area contributed by atoms with Gasteiger partial charge in [0.25, 0.3) is 11.8 Å². The molecule has 3 aliphatic heterocycles. The molecule has 4 heterocycles. The van der Waals surface area contributed by atoms with Crippen molar-refractivity contribution in [3.05, 3.63) is 81.7 Å². The summed E-state index contributed by atoms with van der Waals surface area (Å²) < 4.78 is 41.0. The lowest BCUT2D eigenvalue weighted by atomic mass is 9.63. The maximum Gasteiger partial charge on any atom is 0.282 e. The van der Waals surface area contributed by atoms with Crippen LogP contribution in [0.5, 0.6) is 5.88 Å². The number of carbonyl (C=O) groups is 2. The van der Waals surface area contributed by atoms with Gasteiger partial charge in [-0.25, -0.2) is 4.21 Å². The van der Waals surface area contributed by atoms with E-state index in [-0.39, 0.29) is 46.4 Å². The van der Waals surface area contributed by atoms with E-state index in [0.29, 0.717) is 51.2 Å². The first-order valence-corrected chi connectivity index (χ1v) is 22.9. The Hall–Kier alpha value is -3.53. The van der Waals surface area contributed by atoms with Crippen LogP contribution in [-0.2, 0) is 43.1 Å². The normalized spacial score (nSPS) is 33.8. The van der Waals surface area contributed by atoms with Gasteiger partial charge in [-0.2, -0.15) is 0 Å². The third-order valence-corrected chi connectivity index (χ3v) is 15.5. The van der Waals surface area contributed by atoms with Crippen LogP contribution in [0.1, 0.15) is 73.4 Å². The molecule has 0 radical (unpaired) electrons. The number of hydrogen-bond acceptors (Lipinski definition) is 10. The first kappa shape index (κ1) is 41.2. The van der Waals surface area contributed by atoms with Gasteiger partial charge in [-0.05, 0) is 98.1 Å². The summed E-state index contributed by atoms with van der Waals surface area (Å²) in [6.07, 6.45) is 15.3. The molecule has 2 bridgehead atoms. The number of allylic oxidation sites excluding steroid dienone is 3. The second-order valence-electron chi connectivity index (χ2n) is 17.4. The van der Waals surface area contributed by atoms with E-state index in [1.807, 2.05) is 31.2 Å². The molecule has 8 rings (SSSR count). The van der Waals surface area contributed by atoms with Crippen molar-refractivity contribution >= 4 is 33.3 Å². The Bertz CT molecular complexity index is 2120. The van der Waals surface area contributed by atoms with Crippen molar-refractivity contribution < 1.29 is 33.1 Å². The van der Waals surface area contributed by atoms with Gasteiger partial charge < -0.3 is 19.3 Å². The molecule has 1 unspecified atom stereocenters. The standard InChI is InChI=1S/C43H57ClN6O7S/c1-29-6-4-15-43(53,16-17-49-18-20-56-21-19-49)36-11-8-32(36)24-50-27-42(14-5-7-30-22-33(44)10-12-35(30)42)28-57-38-13-9-31(23-37(38)50)39(51)46-58(54,26-29)47-40(52)34-25-48(2)45-41(34)55-3/h4,9-10,12-13,15,22,25,29,32,36-37,53H,5-8,11,14,16-21,23-24,26-28H2,1-3H3,(H,46,47,51,52,54)/b15-4+/t29-,32-,36+,37?,42-,43+,58-/m0/s1. The average molecular weight is 837 g/mol. The number of hydrogen-bond donors (Lipinski definition) is 2. The van der Waals surface area contributed by atoms with Crippen LogP contribution in [0.3, 0.4) is 0 Å². The predicted molar refractivity (Wildman–Crippen MR) is 222 cm³/mol. The Morgan fingerprint density at radius 3 is 2.81 bits per heavy atom. The number of amides is 2. The summed E-state index contributed by atoms with van der Waals surface area (Å²) >= 11 is 6.52. The largest absolute Gasteiger partial charge is 0.495 e. The fourth-order valence-electron chi connectivity index (χ4n) is 10.1. The molecule has 2 amide bonds. The van der Waals surface area contributed by atoms with Crippen molar-refractivity contribution in [3.63, 3.8) is 0 Å². The third-order valence-electron chi connectivity index (χ3n) is 13.3. The van der Waals surface area contributed by atoms with Gasteiger partial charge >= 0.3 is 0 Å². The summed E-state index contributed by atoms with van der Waals surface area (Å²) in [5.74, 6) is -0.522. The Balaban J connectivity index is 1.17. The molecule has 15 heteroatoms. The number of halogens is 1. The first-order valence-electron chi connectivity index (χ1n) is 20.8. The Kier molecular flexibility index (Phi) is 12.0. The Labute approximate surface area is 347 Å². The highest BCUT2D eigenvalue weighted by Crippen LogP contribution is 2.48. The zero-order valence-corrected chi connectivity index (χ0v) is 35.4. The summed E-state index contributed by atoms with van der Waals surface area (Å²) in [4.78, 5) is 32.8. The molecule has 1 aromatic carbocycles. The van der Waals surface area contributed by atoms with E-state index in [1.165, 1.54) is 29.1 Å². The molecule has 2 aromatic rings. The van der Waals surface area contributed by atoms with Crippen LogP contribution in [-0.4, -0.2) is 118 Å². The van der Waals surface area contributed by atoms with Gasteiger partial charge in [-0.1, -0.05) is 36.7 Å². The number of methoxy groups -OCH3 is 1. The van der Waals surface area contributed by atoms with Crippen LogP contribution < -0.4 is 9.46 Å². The zero-order valence-electron chi connectivity index (χ0n) is 33.9. The average Bonchev–Trinajstić information content (AvgIpc) is 3.50. The van der Waals surface area contributed by atoms with E-state index in [2.05, 4.69) is 36.1 Å². The summed E-state index contributed by atoms with van der Waals surface area (Å²) in [7, 11) is -0.585. The maximum absolute atomic E-state index is 14.8. The molecular weight excluding hydrogens is 780 g/mol. The molecule has 1 aromatic heterocycles. The van der Waals surface area contributed by atoms with Crippen molar-refractivity contribution in [2.24, 2.45) is 29.2 Å². The number of ether oxygens (including phenoxy) is 3. The minimum Gasteiger partial charge on any atom is -0.495 e. The van der Waals surface area contributed by atoms with Crippen molar-refractivity contribution in [2.45, 2.75) is 75.3 Å². The minimum atomic E-state index is -3.65. The lowest BCUT2D eigenvalue weighted by Crippen LogP contribution is -2.54. The van der Waals surface area contributed by atoms with Crippen LogP contribution >= 0.6 is 11.6 Å². The molecule has 6 aliphatic rings. The molecule has 13 nitrogen and oxygen atoms in total. The molecule has 3 aliphatic carbocycles. The number of aliphatic hydroxyl groups is 1. The Morgan fingerprint density at radius 2 is 2.03 bits per heavy atom. The number of morpholine rings is 1. The topological polar surface area (TPSA) is 148 Å². The molecule has 2 saturated heterocycles. The summed E-state index contributed by atoms with van der Waals surface area (Å²) in [6.45, 7) is 7.68. The quantitative estimate of drug-likeness (QED) is 0.382. The fourth-order valence-corrected chi connectivity index (χ4v) is 12.2. The smallest absolute Gasteiger partial charge is 0.282 e. The third kappa shape index (κ3) is 8.55. The number of nitrogens with zero attached hydrogens (tertiary/aromatic N) is 5. The van der Waals surface area contributed by atoms with Crippen molar-refractivity contribution in [1.29, 1.82) is 0 Å². The van der Waals surface area contributed by atoms with Crippen molar-refractivity contribution in [1.82, 2.24) is 24.3 Å². The van der Waals surface area contributed by atoms with Gasteiger partial charge in [0, 0.05) is 68.4 Å². The SMILES string of the molecule is COc1nn(C)cc1C(=O)N[S@@]1(=O)=NC(=O)C2=CC=C3OC[C@]4(CCCc5cc(Cl)ccc54)CN(C[C@@H]4CC[C@H]4[C@](O)(CCN4CCOCC4)/C=C/C[C@H](C)C1)C3C2. The van der Waals surface area contributed by atoms with Crippen LogP contribution in [0.25, 0.3) is 0 Å². The van der Waals surface area contributed by atoms with E-state index < -0.39 is 27.3 Å². The summed E-state index contributed by atoms with van der Waals surface area (Å²) in [6, 6.07) is 5.96. The zero-order chi connectivity index (χ0) is 40.7. The number of aryl methyl sites for hydroxylation is 2. The molecule has 1 saturated carbocycles. The van der Waals surface area contributed by atoms with E-state index >= 15 is 0 Å². The van der Waals surface area contributed by atoms with E-state index in [0.717, 1.165) is 69.1 Å². The molecule has 1 spiro atoms. The molecular formula is C43H57ClN6O7S. The molecule has 314 valence electrons. The lowest BCUT2D eigenvalue weighted by Gasteiger charge is -2.50. The number of benzene rings is 1. The fraction of sp³-hybridized carbons (Fsp3) is 0.605. The van der Waals surface area contributed by atoms with Crippen LogP contribution in [0.15, 0.2) is 64.4 Å². The van der Waals surface area contributed by atoms with Crippen molar-refractivity contribution in [2.75, 3.05) is 65.4 Å². The van der Waals surface area contributed by atoms with Gasteiger partial charge in [0.2, 0.25) is 5.88 Å². The van der Waals surface area contributed by atoms with E-state index in [4.69, 9.17) is 25.8 Å². The van der Waals surface area contributed by atoms with Crippen LogP contribution in [0, 0.1) is 17.8 Å². The van der Waals surface area contributed by atoms with E-state index in [9.17, 15) is 18.9 Å². The highest BCUT2D eigenvalue weighted by molar-refractivity contribution is 7.92. The van der Waals surface area contributed by atoms with Crippen molar-refractivity contribution in [3.8, 4) is 5.88 Å². The Morgan fingerprint density at radius 1 is 1.21 bits per heavy atom. The van der Waals surface area contributed by atoms with Gasteiger partial charge in [0.1, 0.15) is 21.2 Å². The maximum atomic E-state index is 14.8. The monoisotopic (exact) mass is 836 g/mol. The second kappa shape index (κ2) is 16.8. The highest BCUT2D eigenvalue weighted by atomic mass is 35.5. The predicted octanol–water partition coefficient (Wildman–Crippen LogP) is 4.99. The minimum absolute atomic E-state index is 0.0335. The number of rotatable bonds is 6. The van der Waals surface area contributed by atoms with E-state index in [1.54, 1.807) is 13.1 Å². The summed E-state index contributed by atoms with van der Waals surface area (Å²) in [5, 5.41) is 17.7. The van der Waals surface area contributed by atoms with Gasteiger partial charge in [0.15, 0.2) is 0 Å². The first-order chi connectivity index (χ1) is 27.9. The number of fused-ring (bicyclic) bond motifs is 4.